The van der Waals surface area contributed by atoms with Gasteiger partial charge in [-0.3, -0.25) is 4.79 Å². The molecule has 3 aromatic rings. The third kappa shape index (κ3) is 3.87. The van der Waals surface area contributed by atoms with Crippen LogP contribution in [-0.4, -0.2) is 41.0 Å². The number of fused-ring (bicyclic) bond motifs is 1. The van der Waals surface area contributed by atoms with Crippen LogP contribution in [0.1, 0.15) is 27.5 Å². The Morgan fingerprint density at radius 1 is 1.09 bits per heavy atom. The molecular formula is C23H22N4O5. The minimum absolute atomic E-state index is 0.0243. The molecule has 32 heavy (non-hydrogen) atoms. The fourth-order valence-electron chi connectivity index (χ4n) is 3.50. The first-order valence-corrected chi connectivity index (χ1v) is 9.81. The van der Waals surface area contributed by atoms with E-state index in [1.54, 1.807) is 29.0 Å². The SMILES string of the molecule is COc1ccc(NC(=O)c2cnn3c2NC(C(=O)O)=C[C@@H]3c2ccc(C)cc2)cc1OC. The summed E-state index contributed by atoms with van der Waals surface area (Å²) in [4.78, 5) is 24.8. The molecule has 0 saturated heterocycles. The van der Waals surface area contributed by atoms with Gasteiger partial charge in [-0.1, -0.05) is 29.8 Å². The van der Waals surface area contributed by atoms with E-state index in [9.17, 15) is 14.7 Å². The van der Waals surface area contributed by atoms with Crippen LogP contribution in [0, 0.1) is 6.92 Å². The minimum atomic E-state index is -1.12. The first kappa shape index (κ1) is 21.0. The van der Waals surface area contributed by atoms with E-state index in [1.807, 2.05) is 31.2 Å². The number of ether oxygens (including phenoxy) is 2. The lowest BCUT2D eigenvalue weighted by Crippen LogP contribution is -2.25. The van der Waals surface area contributed by atoms with E-state index in [-0.39, 0.29) is 11.3 Å². The summed E-state index contributed by atoms with van der Waals surface area (Å²) in [5, 5.41) is 19.6. The Hall–Kier alpha value is -4.27. The number of carbonyl (C=O) groups is 2. The number of aliphatic carboxylic acids is 1. The van der Waals surface area contributed by atoms with Crippen molar-refractivity contribution < 1.29 is 24.2 Å². The van der Waals surface area contributed by atoms with Crippen molar-refractivity contribution in [2.24, 2.45) is 0 Å². The number of amides is 1. The third-order valence-electron chi connectivity index (χ3n) is 5.17. The molecule has 4 rings (SSSR count). The zero-order valence-electron chi connectivity index (χ0n) is 17.7. The highest BCUT2D eigenvalue weighted by molar-refractivity contribution is 6.08. The molecule has 1 aliphatic heterocycles. The smallest absolute Gasteiger partial charge is 0.352 e. The zero-order valence-corrected chi connectivity index (χ0v) is 17.7. The maximum absolute atomic E-state index is 13.0. The molecule has 0 fully saturated rings. The molecule has 0 unspecified atom stereocenters. The van der Waals surface area contributed by atoms with E-state index < -0.39 is 17.9 Å². The average molecular weight is 434 g/mol. The monoisotopic (exact) mass is 434 g/mol. The molecule has 2 heterocycles. The van der Waals surface area contributed by atoms with Gasteiger partial charge in [-0.25, -0.2) is 9.48 Å². The van der Waals surface area contributed by atoms with E-state index in [0.717, 1.165) is 11.1 Å². The van der Waals surface area contributed by atoms with Crippen molar-refractivity contribution in [2.45, 2.75) is 13.0 Å². The van der Waals surface area contributed by atoms with Crippen LogP contribution in [0.15, 0.2) is 60.4 Å². The van der Waals surface area contributed by atoms with E-state index in [1.165, 1.54) is 20.4 Å². The summed E-state index contributed by atoms with van der Waals surface area (Å²) >= 11 is 0. The molecular weight excluding hydrogens is 412 g/mol. The van der Waals surface area contributed by atoms with Gasteiger partial charge in [0.05, 0.1) is 26.5 Å². The number of rotatable bonds is 6. The lowest BCUT2D eigenvalue weighted by atomic mass is 10.0. The second-order valence-corrected chi connectivity index (χ2v) is 7.24. The number of nitrogens with zero attached hydrogens (tertiary/aromatic N) is 2. The predicted molar refractivity (Wildman–Crippen MR) is 118 cm³/mol. The van der Waals surface area contributed by atoms with E-state index in [2.05, 4.69) is 15.7 Å². The zero-order chi connectivity index (χ0) is 22.8. The van der Waals surface area contributed by atoms with Gasteiger partial charge < -0.3 is 25.2 Å². The fraction of sp³-hybridized carbons (Fsp3) is 0.174. The van der Waals surface area contributed by atoms with Crippen molar-refractivity contribution in [1.29, 1.82) is 0 Å². The van der Waals surface area contributed by atoms with Crippen molar-refractivity contribution in [3.63, 3.8) is 0 Å². The number of hydrogen-bond acceptors (Lipinski definition) is 6. The quantitative estimate of drug-likeness (QED) is 0.544. The fourth-order valence-corrected chi connectivity index (χ4v) is 3.50. The molecule has 0 aliphatic carbocycles. The lowest BCUT2D eigenvalue weighted by Gasteiger charge is -2.24. The third-order valence-corrected chi connectivity index (χ3v) is 5.17. The number of aromatic nitrogens is 2. The highest BCUT2D eigenvalue weighted by Gasteiger charge is 2.29. The molecule has 1 aromatic heterocycles. The van der Waals surface area contributed by atoms with Crippen LogP contribution in [0.3, 0.4) is 0 Å². The molecule has 0 spiro atoms. The number of hydrogen-bond donors (Lipinski definition) is 3. The highest BCUT2D eigenvalue weighted by atomic mass is 16.5. The lowest BCUT2D eigenvalue weighted by molar-refractivity contribution is -0.132. The maximum atomic E-state index is 13.0. The Balaban J connectivity index is 1.68. The second kappa shape index (κ2) is 8.46. The van der Waals surface area contributed by atoms with E-state index in [0.29, 0.717) is 23.0 Å². The van der Waals surface area contributed by atoms with Gasteiger partial charge in [0, 0.05) is 11.8 Å². The molecule has 1 amide bonds. The molecule has 1 atom stereocenters. The number of allylic oxidation sites excluding steroid dienone is 1. The summed E-state index contributed by atoms with van der Waals surface area (Å²) in [7, 11) is 3.03. The highest BCUT2D eigenvalue weighted by Crippen LogP contribution is 2.33. The Bertz CT molecular complexity index is 1210. The van der Waals surface area contributed by atoms with Crippen molar-refractivity contribution in [3.8, 4) is 11.5 Å². The number of benzene rings is 2. The summed E-state index contributed by atoms with van der Waals surface area (Å²) in [6, 6.07) is 12.2. The van der Waals surface area contributed by atoms with Gasteiger partial charge in [0.15, 0.2) is 11.5 Å². The molecule has 2 aromatic carbocycles. The van der Waals surface area contributed by atoms with E-state index in [4.69, 9.17) is 9.47 Å². The van der Waals surface area contributed by atoms with Crippen LogP contribution in [0.4, 0.5) is 11.5 Å². The van der Waals surface area contributed by atoms with E-state index >= 15 is 0 Å². The first-order chi connectivity index (χ1) is 15.4. The second-order valence-electron chi connectivity index (χ2n) is 7.24. The Morgan fingerprint density at radius 2 is 1.81 bits per heavy atom. The van der Waals surface area contributed by atoms with Crippen LogP contribution < -0.4 is 20.1 Å². The predicted octanol–water partition coefficient (Wildman–Crippen LogP) is 3.44. The number of anilines is 2. The molecule has 0 saturated carbocycles. The van der Waals surface area contributed by atoms with Crippen LogP contribution in [0.25, 0.3) is 0 Å². The summed E-state index contributed by atoms with van der Waals surface area (Å²) < 4.78 is 12.1. The molecule has 9 nitrogen and oxygen atoms in total. The molecule has 1 aliphatic rings. The largest absolute Gasteiger partial charge is 0.493 e. The standard InChI is InChI=1S/C23H22N4O5/c1-13-4-6-14(7-5-13)18-11-17(23(29)30)26-21-16(12-24-27(18)21)22(28)25-15-8-9-19(31-2)20(10-15)32-3/h4-12,18,26H,1-3H3,(H,25,28)(H,29,30)/t18-/m1/s1. The Kier molecular flexibility index (Phi) is 5.55. The summed E-state index contributed by atoms with van der Waals surface area (Å²) in [5.74, 6) is -0.266. The molecule has 9 heteroatoms. The average Bonchev–Trinajstić information content (AvgIpc) is 3.23. The van der Waals surface area contributed by atoms with Crippen LogP contribution in [0.5, 0.6) is 11.5 Å². The van der Waals surface area contributed by atoms with Gasteiger partial charge in [0.2, 0.25) is 0 Å². The summed E-state index contributed by atoms with van der Waals surface area (Å²) in [5.41, 5.74) is 2.62. The number of methoxy groups -OCH3 is 2. The van der Waals surface area contributed by atoms with Crippen molar-refractivity contribution in [3.05, 3.63) is 77.1 Å². The topological polar surface area (TPSA) is 115 Å². The van der Waals surface area contributed by atoms with Gasteiger partial charge in [-0.15, -0.1) is 0 Å². The van der Waals surface area contributed by atoms with Gasteiger partial charge >= 0.3 is 5.97 Å². The molecule has 3 N–H and O–H groups in total. The van der Waals surface area contributed by atoms with Crippen LogP contribution >= 0.6 is 0 Å². The number of carboxylic acid groups (broad SMARTS) is 1. The molecule has 0 bridgehead atoms. The van der Waals surface area contributed by atoms with Crippen molar-refractivity contribution in [1.82, 2.24) is 9.78 Å². The minimum Gasteiger partial charge on any atom is -0.493 e. The van der Waals surface area contributed by atoms with Gasteiger partial charge in [-0.05, 0) is 30.7 Å². The molecule has 0 radical (unpaired) electrons. The normalized spacial score (nSPS) is 14.6. The first-order valence-electron chi connectivity index (χ1n) is 9.81. The number of carboxylic acids is 1. The van der Waals surface area contributed by atoms with Crippen molar-refractivity contribution in [2.75, 3.05) is 24.9 Å². The summed E-state index contributed by atoms with van der Waals surface area (Å²) in [6.07, 6.45) is 2.99. The Morgan fingerprint density at radius 3 is 2.47 bits per heavy atom. The maximum Gasteiger partial charge on any atom is 0.352 e. The van der Waals surface area contributed by atoms with Gasteiger partial charge in [0.25, 0.3) is 5.91 Å². The van der Waals surface area contributed by atoms with Gasteiger partial charge in [0.1, 0.15) is 17.1 Å². The van der Waals surface area contributed by atoms with Gasteiger partial charge in [-0.2, -0.15) is 5.10 Å². The van der Waals surface area contributed by atoms with Crippen LogP contribution in [-0.2, 0) is 4.79 Å². The summed E-state index contributed by atoms with van der Waals surface area (Å²) in [6.45, 7) is 1.97. The molecule has 164 valence electrons. The Labute approximate surface area is 184 Å². The van der Waals surface area contributed by atoms with Crippen LogP contribution in [0.2, 0.25) is 0 Å². The number of carbonyl (C=O) groups excluding carboxylic acids is 1. The number of nitrogens with one attached hydrogen (secondary N) is 2. The van der Waals surface area contributed by atoms with Crippen molar-refractivity contribution >= 4 is 23.4 Å². The number of aryl methyl sites for hydroxylation is 1.